The van der Waals surface area contributed by atoms with E-state index >= 15 is 0 Å². The molecule has 0 saturated carbocycles. The first kappa shape index (κ1) is 21.8. The van der Waals surface area contributed by atoms with Crippen molar-refractivity contribution in [1.29, 1.82) is 0 Å². The summed E-state index contributed by atoms with van der Waals surface area (Å²) >= 11 is 1.66. The van der Waals surface area contributed by atoms with E-state index in [-0.39, 0.29) is 0 Å². The molecule has 0 bridgehead atoms. The van der Waals surface area contributed by atoms with Gasteiger partial charge in [-0.2, -0.15) is 0 Å². The largest absolute Gasteiger partial charge is 0.357 e. The molecular weight excluding hydrogens is 332 g/mol. The first-order valence-electron chi connectivity index (χ1n) is 9.46. The highest BCUT2D eigenvalue weighted by Crippen LogP contribution is 2.16. The summed E-state index contributed by atoms with van der Waals surface area (Å²) < 4.78 is 2.26. The van der Waals surface area contributed by atoms with Crippen molar-refractivity contribution in [3.8, 4) is 0 Å². The van der Waals surface area contributed by atoms with Crippen LogP contribution in [0.3, 0.4) is 0 Å². The lowest BCUT2D eigenvalue weighted by Crippen LogP contribution is -2.38. The molecule has 144 valence electrons. The Kier molecular flexibility index (Phi) is 10.6. The number of nitrogens with one attached hydrogen (secondary N) is 2. The summed E-state index contributed by atoms with van der Waals surface area (Å²) in [5.41, 5.74) is 0. The second-order valence-corrected chi connectivity index (χ2v) is 7.85. The molecule has 0 fully saturated rings. The van der Waals surface area contributed by atoms with E-state index in [1.807, 2.05) is 0 Å². The lowest BCUT2D eigenvalue weighted by molar-refractivity contribution is 0.477. The van der Waals surface area contributed by atoms with Crippen molar-refractivity contribution in [1.82, 2.24) is 25.4 Å². The number of aliphatic imine (C=N–C) groups is 1. The molecule has 6 nitrogen and oxygen atoms in total. The van der Waals surface area contributed by atoms with Gasteiger partial charge in [0.1, 0.15) is 5.82 Å². The number of rotatable bonds is 11. The number of aromatic nitrogens is 3. The van der Waals surface area contributed by atoms with Crippen molar-refractivity contribution in [2.75, 3.05) is 25.9 Å². The zero-order valence-corrected chi connectivity index (χ0v) is 17.6. The Morgan fingerprint density at radius 2 is 1.92 bits per heavy atom. The maximum absolute atomic E-state index is 4.67. The summed E-state index contributed by atoms with van der Waals surface area (Å²) in [5, 5.41) is 16.4. The molecular formula is C18H36N6S. The fourth-order valence-electron chi connectivity index (χ4n) is 2.45. The fourth-order valence-corrected chi connectivity index (χ4v) is 2.98. The van der Waals surface area contributed by atoms with E-state index in [4.69, 9.17) is 0 Å². The molecule has 25 heavy (non-hydrogen) atoms. The van der Waals surface area contributed by atoms with Gasteiger partial charge in [0.25, 0.3) is 0 Å². The van der Waals surface area contributed by atoms with Gasteiger partial charge in [-0.1, -0.05) is 39.5 Å². The smallest absolute Gasteiger partial charge is 0.191 e. The molecule has 0 aliphatic carbocycles. The maximum atomic E-state index is 4.67. The number of nitrogens with zero attached hydrogens (tertiary/aromatic N) is 4. The van der Waals surface area contributed by atoms with Crippen LogP contribution >= 0.6 is 11.8 Å². The first-order valence-corrected chi connectivity index (χ1v) is 10.7. The van der Waals surface area contributed by atoms with Gasteiger partial charge in [0.15, 0.2) is 11.1 Å². The molecule has 0 radical (unpaired) electrons. The SMILES string of the molecule is CCNC(=NCCCc1nnc(SC)n1CC(C)C)NCCC(C)C. The third kappa shape index (κ3) is 8.61. The maximum Gasteiger partial charge on any atom is 0.191 e. The Balaban J connectivity index is 2.52. The molecule has 1 aromatic heterocycles. The van der Waals surface area contributed by atoms with Gasteiger partial charge in [-0.25, -0.2) is 0 Å². The molecule has 1 rings (SSSR count). The van der Waals surface area contributed by atoms with E-state index in [2.05, 4.69) is 71.3 Å². The minimum absolute atomic E-state index is 0.587. The van der Waals surface area contributed by atoms with Crippen LogP contribution in [0.5, 0.6) is 0 Å². The van der Waals surface area contributed by atoms with Gasteiger partial charge in [-0.3, -0.25) is 4.99 Å². The van der Waals surface area contributed by atoms with Gasteiger partial charge in [-0.05, 0) is 37.9 Å². The highest BCUT2D eigenvalue weighted by atomic mass is 32.2. The third-order valence-electron chi connectivity index (χ3n) is 3.71. The molecule has 0 saturated heterocycles. The molecule has 0 aromatic carbocycles. The summed E-state index contributed by atoms with van der Waals surface area (Å²) in [6.45, 7) is 14.6. The molecule has 2 N–H and O–H groups in total. The van der Waals surface area contributed by atoms with Crippen LogP contribution in [0.4, 0.5) is 0 Å². The topological polar surface area (TPSA) is 67.1 Å². The molecule has 0 atom stereocenters. The van der Waals surface area contributed by atoms with Crippen molar-refractivity contribution in [3.05, 3.63) is 5.82 Å². The van der Waals surface area contributed by atoms with Gasteiger partial charge in [-0.15, -0.1) is 10.2 Å². The molecule has 7 heteroatoms. The van der Waals surface area contributed by atoms with Crippen LogP contribution in [0.2, 0.25) is 0 Å². The average Bonchev–Trinajstić information content (AvgIpc) is 2.92. The van der Waals surface area contributed by atoms with Gasteiger partial charge < -0.3 is 15.2 Å². The number of guanidine groups is 1. The molecule has 1 heterocycles. The minimum Gasteiger partial charge on any atom is -0.357 e. The number of aryl methyl sites for hydroxylation is 1. The standard InChI is InChI=1S/C18H36N6S/c1-7-19-17(21-12-10-14(2)3)20-11-8-9-16-22-23-18(25-6)24(16)13-15(4)5/h14-15H,7-13H2,1-6H3,(H2,19,20,21). The Bertz CT molecular complexity index is 510. The predicted molar refractivity (Wildman–Crippen MR) is 108 cm³/mol. The molecule has 0 amide bonds. The van der Waals surface area contributed by atoms with E-state index in [1.54, 1.807) is 11.8 Å². The van der Waals surface area contributed by atoms with Crippen LogP contribution in [-0.2, 0) is 13.0 Å². The molecule has 0 aliphatic rings. The quantitative estimate of drug-likeness (QED) is 0.272. The number of thioether (sulfide) groups is 1. The van der Waals surface area contributed by atoms with Gasteiger partial charge in [0.2, 0.25) is 0 Å². The van der Waals surface area contributed by atoms with E-state index in [9.17, 15) is 0 Å². The zero-order valence-electron chi connectivity index (χ0n) is 16.8. The third-order valence-corrected chi connectivity index (χ3v) is 4.38. The van der Waals surface area contributed by atoms with Crippen molar-refractivity contribution < 1.29 is 0 Å². The molecule has 1 aromatic rings. The van der Waals surface area contributed by atoms with Crippen molar-refractivity contribution in [2.24, 2.45) is 16.8 Å². The summed E-state index contributed by atoms with van der Waals surface area (Å²) in [5.74, 6) is 3.28. The summed E-state index contributed by atoms with van der Waals surface area (Å²) in [7, 11) is 0. The highest BCUT2D eigenvalue weighted by molar-refractivity contribution is 7.98. The van der Waals surface area contributed by atoms with Crippen molar-refractivity contribution in [2.45, 2.75) is 65.6 Å². The molecule has 0 aliphatic heterocycles. The highest BCUT2D eigenvalue weighted by Gasteiger charge is 2.12. The van der Waals surface area contributed by atoms with E-state index in [0.29, 0.717) is 11.8 Å². The first-order chi connectivity index (χ1) is 12.0. The number of hydrogen-bond donors (Lipinski definition) is 2. The van der Waals surface area contributed by atoms with Crippen LogP contribution in [0.1, 0.15) is 53.3 Å². The van der Waals surface area contributed by atoms with Crippen LogP contribution in [0.15, 0.2) is 10.1 Å². The molecule has 0 spiro atoms. The summed E-state index contributed by atoms with van der Waals surface area (Å²) in [6, 6.07) is 0. The van der Waals surface area contributed by atoms with E-state index in [1.165, 1.54) is 0 Å². The van der Waals surface area contributed by atoms with Gasteiger partial charge >= 0.3 is 0 Å². The average molecular weight is 369 g/mol. The Morgan fingerprint density at radius 3 is 2.52 bits per heavy atom. The van der Waals surface area contributed by atoms with Crippen LogP contribution in [-0.4, -0.2) is 46.6 Å². The second kappa shape index (κ2) is 12.2. The lowest BCUT2D eigenvalue weighted by atomic mass is 10.1. The van der Waals surface area contributed by atoms with Crippen molar-refractivity contribution >= 4 is 17.7 Å². The van der Waals surface area contributed by atoms with Crippen LogP contribution in [0.25, 0.3) is 0 Å². The second-order valence-electron chi connectivity index (χ2n) is 7.08. The minimum atomic E-state index is 0.587. The van der Waals surface area contributed by atoms with Crippen LogP contribution in [0, 0.1) is 11.8 Å². The monoisotopic (exact) mass is 368 g/mol. The van der Waals surface area contributed by atoms with E-state index in [0.717, 1.165) is 62.4 Å². The number of hydrogen-bond acceptors (Lipinski definition) is 4. The van der Waals surface area contributed by atoms with Crippen molar-refractivity contribution in [3.63, 3.8) is 0 Å². The summed E-state index contributed by atoms with van der Waals surface area (Å²) in [4.78, 5) is 4.67. The fraction of sp³-hybridized carbons (Fsp3) is 0.833. The summed E-state index contributed by atoms with van der Waals surface area (Å²) in [6.07, 6.45) is 5.10. The zero-order chi connectivity index (χ0) is 18.7. The lowest BCUT2D eigenvalue weighted by Gasteiger charge is -2.13. The van der Waals surface area contributed by atoms with Gasteiger partial charge in [0.05, 0.1) is 0 Å². The Hall–Kier alpha value is -1.24. The van der Waals surface area contributed by atoms with Gasteiger partial charge in [0, 0.05) is 32.6 Å². The van der Waals surface area contributed by atoms with Crippen LogP contribution < -0.4 is 10.6 Å². The molecule has 0 unspecified atom stereocenters. The Morgan fingerprint density at radius 1 is 1.16 bits per heavy atom. The Labute approximate surface area is 157 Å². The van der Waals surface area contributed by atoms with E-state index < -0.39 is 0 Å². The normalized spacial score (nSPS) is 12.2. The predicted octanol–water partition coefficient (Wildman–Crippen LogP) is 3.19.